The number of ether oxygens (including phenoxy) is 2. The van der Waals surface area contributed by atoms with Gasteiger partial charge in [0.15, 0.2) is 0 Å². The molecular formula is C20H18ClN3O3. The van der Waals surface area contributed by atoms with Crippen molar-refractivity contribution in [2.45, 2.75) is 0 Å². The van der Waals surface area contributed by atoms with Gasteiger partial charge in [0.1, 0.15) is 17.3 Å². The van der Waals surface area contributed by atoms with E-state index in [4.69, 9.17) is 21.1 Å². The lowest BCUT2D eigenvalue weighted by Crippen LogP contribution is -2.13. The minimum Gasteiger partial charge on any atom is -0.497 e. The van der Waals surface area contributed by atoms with E-state index in [0.29, 0.717) is 33.6 Å². The minimum atomic E-state index is -0.291. The fourth-order valence-corrected chi connectivity index (χ4v) is 2.60. The Morgan fingerprint density at radius 3 is 2.56 bits per heavy atom. The molecule has 0 atom stereocenters. The molecule has 6 nitrogen and oxygen atoms in total. The number of benzene rings is 2. The van der Waals surface area contributed by atoms with E-state index >= 15 is 0 Å². The Hall–Kier alpha value is -3.25. The van der Waals surface area contributed by atoms with Gasteiger partial charge in [0.25, 0.3) is 5.91 Å². The number of halogens is 1. The predicted octanol–water partition coefficient (Wildman–Crippen LogP) is 4.75. The third-order valence-electron chi connectivity index (χ3n) is 3.78. The Morgan fingerprint density at radius 2 is 1.89 bits per heavy atom. The molecule has 0 unspecified atom stereocenters. The molecule has 0 saturated carbocycles. The standard InChI is InChI=1S/C20H18ClN3O3/c1-26-16-7-8-17(18(11-16)27-2)24-20(25)13-6-9-19(22-12-13)23-15-5-3-4-14(21)10-15/h3-12H,1-2H3,(H,22,23)(H,24,25). The van der Waals surface area contributed by atoms with Crippen LogP contribution in [0.1, 0.15) is 10.4 Å². The molecule has 7 heteroatoms. The van der Waals surface area contributed by atoms with Crippen LogP contribution < -0.4 is 20.1 Å². The average Bonchev–Trinajstić information content (AvgIpc) is 2.69. The van der Waals surface area contributed by atoms with Gasteiger partial charge in [-0.3, -0.25) is 4.79 Å². The molecule has 138 valence electrons. The van der Waals surface area contributed by atoms with Crippen molar-refractivity contribution >= 4 is 34.7 Å². The number of carbonyl (C=O) groups is 1. The zero-order valence-corrected chi connectivity index (χ0v) is 15.6. The summed E-state index contributed by atoms with van der Waals surface area (Å²) in [6.07, 6.45) is 1.50. The van der Waals surface area contributed by atoms with Crippen LogP contribution in [0.25, 0.3) is 0 Å². The summed E-state index contributed by atoms with van der Waals surface area (Å²) in [6, 6.07) is 15.9. The van der Waals surface area contributed by atoms with Gasteiger partial charge in [0.05, 0.1) is 25.5 Å². The number of nitrogens with one attached hydrogen (secondary N) is 2. The summed E-state index contributed by atoms with van der Waals surface area (Å²) in [7, 11) is 3.10. The summed E-state index contributed by atoms with van der Waals surface area (Å²) in [6.45, 7) is 0. The van der Waals surface area contributed by atoms with Gasteiger partial charge in [0.2, 0.25) is 0 Å². The lowest BCUT2D eigenvalue weighted by atomic mass is 10.2. The summed E-state index contributed by atoms with van der Waals surface area (Å²) in [4.78, 5) is 16.7. The van der Waals surface area contributed by atoms with Gasteiger partial charge in [-0.05, 0) is 42.5 Å². The quantitative estimate of drug-likeness (QED) is 0.642. The summed E-state index contributed by atoms with van der Waals surface area (Å²) in [5, 5.41) is 6.57. The monoisotopic (exact) mass is 383 g/mol. The second kappa shape index (κ2) is 8.42. The summed E-state index contributed by atoms with van der Waals surface area (Å²) in [5.41, 5.74) is 1.78. The first kappa shape index (κ1) is 18.5. The Bertz CT molecular complexity index is 945. The van der Waals surface area contributed by atoms with Crippen molar-refractivity contribution in [3.05, 3.63) is 71.4 Å². The molecule has 0 spiro atoms. The Kier molecular flexibility index (Phi) is 5.78. The first-order valence-corrected chi connectivity index (χ1v) is 8.49. The minimum absolute atomic E-state index is 0.291. The number of anilines is 3. The van der Waals surface area contributed by atoms with Gasteiger partial charge >= 0.3 is 0 Å². The number of methoxy groups -OCH3 is 2. The lowest BCUT2D eigenvalue weighted by Gasteiger charge is -2.12. The number of rotatable bonds is 6. The van der Waals surface area contributed by atoms with Gasteiger partial charge in [0, 0.05) is 23.0 Å². The van der Waals surface area contributed by atoms with Crippen LogP contribution in [0.15, 0.2) is 60.8 Å². The van der Waals surface area contributed by atoms with Crippen LogP contribution in [0.5, 0.6) is 11.5 Å². The molecule has 0 saturated heterocycles. The molecule has 0 fully saturated rings. The second-order valence-electron chi connectivity index (χ2n) is 5.59. The normalized spacial score (nSPS) is 10.2. The second-order valence-corrected chi connectivity index (χ2v) is 6.02. The van der Waals surface area contributed by atoms with Crippen molar-refractivity contribution in [2.24, 2.45) is 0 Å². The van der Waals surface area contributed by atoms with Crippen LogP contribution in [0.4, 0.5) is 17.2 Å². The molecular weight excluding hydrogens is 366 g/mol. The average molecular weight is 384 g/mol. The molecule has 27 heavy (non-hydrogen) atoms. The Labute approximate surface area is 162 Å². The maximum atomic E-state index is 12.5. The van der Waals surface area contributed by atoms with Gasteiger partial charge in [-0.15, -0.1) is 0 Å². The smallest absolute Gasteiger partial charge is 0.257 e. The number of hydrogen-bond acceptors (Lipinski definition) is 5. The van der Waals surface area contributed by atoms with E-state index in [1.807, 2.05) is 12.1 Å². The molecule has 3 rings (SSSR count). The highest BCUT2D eigenvalue weighted by molar-refractivity contribution is 6.30. The zero-order chi connectivity index (χ0) is 19.2. The number of pyridine rings is 1. The maximum Gasteiger partial charge on any atom is 0.257 e. The molecule has 0 aliphatic rings. The number of carbonyl (C=O) groups excluding carboxylic acids is 1. The van der Waals surface area contributed by atoms with Crippen LogP contribution in [0.3, 0.4) is 0 Å². The molecule has 2 N–H and O–H groups in total. The molecule has 2 aromatic carbocycles. The van der Waals surface area contributed by atoms with Crippen LogP contribution in [-0.4, -0.2) is 25.1 Å². The van der Waals surface area contributed by atoms with Crippen LogP contribution in [0, 0.1) is 0 Å². The highest BCUT2D eigenvalue weighted by Crippen LogP contribution is 2.29. The van der Waals surface area contributed by atoms with E-state index in [-0.39, 0.29) is 5.91 Å². The van der Waals surface area contributed by atoms with Crippen molar-refractivity contribution in [1.29, 1.82) is 0 Å². The van der Waals surface area contributed by atoms with Crippen molar-refractivity contribution in [2.75, 3.05) is 24.9 Å². The van der Waals surface area contributed by atoms with E-state index in [9.17, 15) is 4.79 Å². The van der Waals surface area contributed by atoms with Gasteiger partial charge in [-0.2, -0.15) is 0 Å². The first-order chi connectivity index (χ1) is 13.1. The van der Waals surface area contributed by atoms with E-state index in [0.717, 1.165) is 5.69 Å². The van der Waals surface area contributed by atoms with Crippen molar-refractivity contribution in [3.63, 3.8) is 0 Å². The third kappa shape index (κ3) is 4.68. The van der Waals surface area contributed by atoms with Gasteiger partial charge in [-0.1, -0.05) is 17.7 Å². The van der Waals surface area contributed by atoms with Crippen molar-refractivity contribution in [3.8, 4) is 11.5 Å². The van der Waals surface area contributed by atoms with E-state index < -0.39 is 0 Å². The maximum absolute atomic E-state index is 12.5. The zero-order valence-electron chi connectivity index (χ0n) is 14.8. The topological polar surface area (TPSA) is 72.5 Å². The van der Waals surface area contributed by atoms with Crippen LogP contribution in [0.2, 0.25) is 5.02 Å². The molecule has 1 heterocycles. The Morgan fingerprint density at radius 1 is 1.04 bits per heavy atom. The fourth-order valence-electron chi connectivity index (χ4n) is 2.41. The molecule has 3 aromatic rings. The van der Waals surface area contributed by atoms with Gasteiger partial charge < -0.3 is 20.1 Å². The molecule has 1 amide bonds. The molecule has 0 bridgehead atoms. The third-order valence-corrected chi connectivity index (χ3v) is 4.01. The van der Waals surface area contributed by atoms with E-state index in [1.165, 1.54) is 13.3 Å². The number of amides is 1. The van der Waals surface area contributed by atoms with Crippen molar-refractivity contribution in [1.82, 2.24) is 4.98 Å². The molecule has 0 aliphatic carbocycles. The summed E-state index contributed by atoms with van der Waals surface area (Å²) in [5.74, 6) is 1.47. The SMILES string of the molecule is COc1ccc(NC(=O)c2ccc(Nc3cccc(Cl)c3)nc2)c(OC)c1. The molecule has 0 aliphatic heterocycles. The number of aromatic nitrogens is 1. The van der Waals surface area contributed by atoms with Crippen molar-refractivity contribution < 1.29 is 14.3 Å². The predicted molar refractivity (Wildman–Crippen MR) is 106 cm³/mol. The highest BCUT2D eigenvalue weighted by atomic mass is 35.5. The first-order valence-electron chi connectivity index (χ1n) is 8.11. The summed E-state index contributed by atoms with van der Waals surface area (Å²) >= 11 is 5.97. The van der Waals surface area contributed by atoms with Crippen LogP contribution >= 0.6 is 11.6 Å². The molecule has 0 radical (unpaired) electrons. The molecule has 1 aromatic heterocycles. The van der Waals surface area contributed by atoms with Gasteiger partial charge in [-0.25, -0.2) is 4.98 Å². The number of hydrogen-bond donors (Lipinski definition) is 2. The van der Waals surface area contributed by atoms with E-state index in [2.05, 4.69) is 15.6 Å². The fraction of sp³-hybridized carbons (Fsp3) is 0.100. The highest BCUT2D eigenvalue weighted by Gasteiger charge is 2.11. The number of nitrogens with zero attached hydrogens (tertiary/aromatic N) is 1. The van der Waals surface area contributed by atoms with E-state index in [1.54, 1.807) is 49.6 Å². The Balaban J connectivity index is 1.71. The largest absolute Gasteiger partial charge is 0.497 e. The summed E-state index contributed by atoms with van der Waals surface area (Å²) < 4.78 is 10.4. The van der Waals surface area contributed by atoms with Crippen LogP contribution in [-0.2, 0) is 0 Å². The lowest BCUT2D eigenvalue weighted by molar-refractivity contribution is 0.102.